The average Bonchev–Trinajstić information content (AvgIpc) is 2.98. The maximum absolute atomic E-state index is 14.0. The zero-order chi connectivity index (χ0) is 21.2. The van der Waals surface area contributed by atoms with Gasteiger partial charge in [0.25, 0.3) is 0 Å². The zero-order valence-electron chi connectivity index (χ0n) is 16.1. The van der Waals surface area contributed by atoms with Crippen molar-refractivity contribution in [3.05, 3.63) is 47.8 Å². The quantitative estimate of drug-likeness (QED) is 0.408. The minimum absolute atomic E-state index is 0.0308. The van der Waals surface area contributed by atoms with Crippen LogP contribution in [0.4, 0.5) is 13.2 Å². The van der Waals surface area contributed by atoms with Crippen molar-refractivity contribution >= 4 is 11.9 Å². The van der Waals surface area contributed by atoms with E-state index in [-0.39, 0.29) is 31.0 Å². The minimum atomic E-state index is -1.20. The number of carbonyl (C=O) groups excluding carboxylic acids is 2. The van der Waals surface area contributed by atoms with Crippen LogP contribution in [0.5, 0.6) is 0 Å². The molecule has 1 aromatic carbocycles. The summed E-state index contributed by atoms with van der Waals surface area (Å²) in [6.07, 6.45) is 2.15. The Hall–Kier alpha value is -2.39. The Labute approximate surface area is 166 Å². The Balaban J connectivity index is 1.79. The molecule has 2 aliphatic rings. The van der Waals surface area contributed by atoms with Gasteiger partial charge < -0.3 is 4.74 Å². The number of amides is 1. The third-order valence-corrected chi connectivity index (χ3v) is 5.71. The van der Waals surface area contributed by atoms with Gasteiger partial charge in [0, 0.05) is 31.6 Å². The molecule has 2 aliphatic heterocycles. The third kappa shape index (κ3) is 3.89. The van der Waals surface area contributed by atoms with Crippen molar-refractivity contribution in [1.82, 2.24) is 9.96 Å². The molecule has 2 heterocycles. The van der Waals surface area contributed by atoms with E-state index >= 15 is 0 Å². The minimum Gasteiger partial charge on any atom is -0.469 e. The Morgan fingerprint density at radius 1 is 1.28 bits per heavy atom. The molecular weight excluding hydrogens is 389 g/mol. The molecule has 1 amide bonds. The number of hydrogen-bond acceptors (Lipinski definition) is 5. The maximum Gasteiger partial charge on any atom is 0.311 e. The Bertz CT molecular complexity index is 809. The van der Waals surface area contributed by atoms with Gasteiger partial charge in [0.15, 0.2) is 11.6 Å². The summed E-state index contributed by atoms with van der Waals surface area (Å²) >= 11 is 0. The molecule has 6 nitrogen and oxygen atoms in total. The number of halogens is 3. The molecular formula is C20H23F3N2O4. The van der Waals surface area contributed by atoms with Crippen LogP contribution >= 0.6 is 0 Å². The van der Waals surface area contributed by atoms with Gasteiger partial charge in [-0.05, 0) is 25.0 Å². The molecule has 0 aliphatic carbocycles. The van der Waals surface area contributed by atoms with Gasteiger partial charge in [-0.1, -0.05) is 6.08 Å². The Kier molecular flexibility index (Phi) is 6.28. The second kappa shape index (κ2) is 8.54. The first-order chi connectivity index (χ1) is 13.8. The Morgan fingerprint density at radius 2 is 1.93 bits per heavy atom. The summed E-state index contributed by atoms with van der Waals surface area (Å²) in [7, 11) is 1.26. The smallest absolute Gasteiger partial charge is 0.311 e. The topological polar surface area (TPSA) is 59.1 Å². The molecule has 1 atom stereocenters. The van der Waals surface area contributed by atoms with Gasteiger partial charge in [-0.25, -0.2) is 18.2 Å². The van der Waals surface area contributed by atoms with E-state index in [1.807, 2.05) is 0 Å². The predicted molar refractivity (Wildman–Crippen MR) is 96.7 cm³/mol. The van der Waals surface area contributed by atoms with Crippen molar-refractivity contribution in [2.45, 2.75) is 31.3 Å². The van der Waals surface area contributed by atoms with E-state index in [9.17, 15) is 22.8 Å². The highest BCUT2D eigenvalue weighted by Crippen LogP contribution is 2.44. The number of methoxy groups -OCH3 is 1. The van der Waals surface area contributed by atoms with Crippen LogP contribution in [0.1, 0.15) is 24.8 Å². The number of hydroxylamine groups is 2. The molecule has 1 unspecified atom stereocenters. The summed E-state index contributed by atoms with van der Waals surface area (Å²) in [6.45, 7) is 4.23. The van der Waals surface area contributed by atoms with E-state index in [1.165, 1.54) is 18.2 Å². The lowest BCUT2D eigenvalue weighted by Gasteiger charge is -2.45. The van der Waals surface area contributed by atoms with Crippen LogP contribution in [0.25, 0.3) is 0 Å². The number of ether oxygens (including phenoxy) is 1. The fraction of sp³-hybridized carbons (Fsp3) is 0.500. The van der Waals surface area contributed by atoms with Gasteiger partial charge in [-0.3, -0.25) is 19.3 Å². The van der Waals surface area contributed by atoms with Crippen LogP contribution in [0.2, 0.25) is 0 Å². The normalized spacial score (nSPS) is 21.6. The SMILES string of the molecule is C=CCON1C(=O)CC(C(=O)OC)C12CCN(Cc1c(F)ccc(F)c1F)CC2. The second-order valence-corrected chi connectivity index (χ2v) is 7.25. The predicted octanol–water partition coefficient (Wildman–Crippen LogP) is 2.58. The van der Waals surface area contributed by atoms with E-state index in [1.54, 1.807) is 4.90 Å². The van der Waals surface area contributed by atoms with Crippen LogP contribution in [-0.4, -0.2) is 54.2 Å². The molecule has 0 saturated carbocycles. The summed E-state index contributed by atoms with van der Waals surface area (Å²) in [5, 5.41) is 1.25. The van der Waals surface area contributed by atoms with Crippen LogP contribution < -0.4 is 0 Å². The van der Waals surface area contributed by atoms with Gasteiger partial charge in [0.2, 0.25) is 5.91 Å². The highest BCUT2D eigenvalue weighted by atomic mass is 19.2. The van der Waals surface area contributed by atoms with Crippen LogP contribution in [-0.2, 0) is 25.7 Å². The zero-order valence-corrected chi connectivity index (χ0v) is 16.1. The van der Waals surface area contributed by atoms with Crippen molar-refractivity contribution in [3.8, 4) is 0 Å². The molecule has 158 valence electrons. The largest absolute Gasteiger partial charge is 0.469 e. The number of rotatable bonds is 6. The lowest BCUT2D eigenvalue weighted by atomic mass is 9.77. The van der Waals surface area contributed by atoms with Crippen molar-refractivity contribution in [3.63, 3.8) is 0 Å². The van der Waals surface area contributed by atoms with Crippen LogP contribution in [0, 0.1) is 23.4 Å². The number of likely N-dealkylation sites (tertiary alicyclic amines) is 1. The first-order valence-electron chi connectivity index (χ1n) is 9.33. The first-order valence-corrected chi connectivity index (χ1v) is 9.33. The van der Waals surface area contributed by atoms with E-state index in [0.29, 0.717) is 25.9 Å². The molecule has 9 heteroatoms. The van der Waals surface area contributed by atoms with Crippen LogP contribution in [0.3, 0.4) is 0 Å². The average molecular weight is 412 g/mol. The standard InChI is InChI=1S/C20H23F3N2O4/c1-3-10-29-25-17(26)11-14(19(27)28-2)20(25)6-8-24(9-7-20)12-13-15(21)4-5-16(22)18(13)23/h3-5,14H,1,6-12H2,2H3. The number of esters is 1. The summed E-state index contributed by atoms with van der Waals surface area (Å²) in [4.78, 5) is 32.1. The molecule has 2 fully saturated rings. The number of piperidine rings is 1. The summed E-state index contributed by atoms with van der Waals surface area (Å²) < 4.78 is 46.3. The number of carbonyl (C=O) groups is 2. The molecule has 29 heavy (non-hydrogen) atoms. The Morgan fingerprint density at radius 3 is 2.55 bits per heavy atom. The molecule has 0 N–H and O–H groups in total. The monoisotopic (exact) mass is 412 g/mol. The summed E-state index contributed by atoms with van der Waals surface area (Å²) in [5.74, 6) is -4.65. The lowest BCUT2D eigenvalue weighted by molar-refractivity contribution is -0.218. The highest BCUT2D eigenvalue weighted by Gasteiger charge is 2.58. The molecule has 3 rings (SSSR count). The molecule has 1 aromatic rings. The highest BCUT2D eigenvalue weighted by molar-refractivity contribution is 5.88. The van der Waals surface area contributed by atoms with Gasteiger partial charge >= 0.3 is 5.97 Å². The third-order valence-electron chi connectivity index (χ3n) is 5.71. The van der Waals surface area contributed by atoms with Gasteiger partial charge in [0.05, 0.1) is 25.2 Å². The maximum atomic E-state index is 14.0. The van der Waals surface area contributed by atoms with Crippen molar-refractivity contribution in [1.29, 1.82) is 0 Å². The van der Waals surface area contributed by atoms with E-state index in [0.717, 1.165) is 12.1 Å². The number of benzene rings is 1. The molecule has 0 radical (unpaired) electrons. The summed E-state index contributed by atoms with van der Waals surface area (Å²) in [6, 6.07) is 1.65. The van der Waals surface area contributed by atoms with E-state index < -0.39 is 34.9 Å². The van der Waals surface area contributed by atoms with Crippen molar-refractivity contribution in [2.75, 3.05) is 26.8 Å². The molecule has 1 spiro atoms. The second-order valence-electron chi connectivity index (χ2n) is 7.25. The van der Waals surface area contributed by atoms with E-state index in [4.69, 9.17) is 9.57 Å². The van der Waals surface area contributed by atoms with Gasteiger partial charge in [-0.2, -0.15) is 0 Å². The van der Waals surface area contributed by atoms with E-state index in [2.05, 4.69) is 6.58 Å². The lowest BCUT2D eigenvalue weighted by Crippen LogP contribution is -2.57. The van der Waals surface area contributed by atoms with Gasteiger partial charge in [-0.15, -0.1) is 6.58 Å². The van der Waals surface area contributed by atoms with Crippen molar-refractivity contribution < 1.29 is 32.3 Å². The van der Waals surface area contributed by atoms with Crippen molar-refractivity contribution in [2.24, 2.45) is 5.92 Å². The summed E-state index contributed by atoms with van der Waals surface area (Å²) in [5.41, 5.74) is -1.24. The first kappa shape index (κ1) is 21.3. The van der Waals surface area contributed by atoms with Gasteiger partial charge in [0.1, 0.15) is 5.82 Å². The van der Waals surface area contributed by atoms with Crippen LogP contribution in [0.15, 0.2) is 24.8 Å². The fourth-order valence-electron chi connectivity index (χ4n) is 4.20. The number of nitrogens with zero attached hydrogens (tertiary/aromatic N) is 2. The molecule has 0 aromatic heterocycles. The fourth-order valence-corrected chi connectivity index (χ4v) is 4.20. The molecule has 0 bridgehead atoms. The molecule has 2 saturated heterocycles. The number of hydrogen-bond donors (Lipinski definition) is 0.